The summed E-state index contributed by atoms with van der Waals surface area (Å²) in [7, 11) is 0. The molecule has 2 rings (SSSR count). The van der Waals surface area contributed by atoms with E-state index in [-0.39, 0.29) is 5.91 Å². The first-order valence-corrected chi connectivity index (χ1v) is 6.94. The first kappa shape index (κ1) is 12.8. The Balaban J connectivity index is 1.62. The second kappa shape index (κ2) is 6.36. The molecule has 2 atom stereocenters. The summed E-state index contributed by atoms with van der Waals surface area (Å²) in [5.74, 6) is 0.969. The Labute approximate surface area is 104 Å². The van der Waals surface area contributed by atoms with E-state index in [0.717, 1.165) is 25.4 Å². The van der Waals surface area contributed by atoms with Crippen molar-refractivity contribution < 1.29 is 4.79 Å². The molecule has 0 aliphatic carbocycles. The Hall–Kier alpha value is -0.610. The summed E-state index contributed by atoms with van der Waals surface area (Å²) >= 11 is 0. The van der Waals surface area contributed by atoms with Gasteiger partial charge in [0, 0.05) is 26.1 Å². The molecule has 2 N–H and O–H groups in total. The van der Waals surface area contributed by atoms with E-state index in [0.29, 0.717) is 6.04 Å². The highest BCUT2D eigenvalue weighted by molar-refractivity contribution is 5.73. The summed E-state index contributed by atoms with van der Waals surface area (Å²) in [5.41, 5.74) is 0. The highest BCUT2D eigenvalue weighted by Crippen LogP contribution is 2.16. The molecule has 98 valence electrons. The average molecular weight is 239 g/mol. The monoisotopic (exact) mass is 239 g/mol. The molecule has 2 heterocycles. The SMILES string of the molecule is CC(=O)NC1CCN(CCC2CCCNC2)C1. The largest absolute Gasteiger partial charge is 0.352 e. The predicted octanol–water partition coefficient (Wildman–Crippen LogP) is 0.587. The third-order valence-electron chi connectivity index (χ3n) is 3.93. The van der Waals surface area contributed by atoms with Crippen LogP contribution in [-0.2, 0) is 4.79 Å². The summed E-state index contributed by atoms with van der Waals surface area (Å²) in [5, 5.41) is 6.49. The van der Waals surface area contributed by atoms with Crippen LogP contribution in [0, 0.1) is 5.92 Å². The maximum atomic E-state index is 11.0. The normalized spacial score (nSPS) is 30.4. The van der Waals surface area contributed by atoms with Crippen molar-refractivity contribution in [2.75, 3.05) is 32.7 Å². The van der Waals surface area contributed by atoms with Gasteiger partial charge in [-0.2, -0.15) is 0 Å². The number of nitrogens with zero attached hydrogens (tertiary/aromatic N) is 1. The van der Waals surface area contributed by atoms with E-state index < -0.39 is 0 Å². The number of likely N-dealkylation sites (tertiary alicyclic amines) is 1. The number of hydrogen-bond donors (Lipinski definition) is 2. The fourth-order valence-corrected chi connectivity index (χ4v) is 2.98. The van der Waals surface area contributed by atoms with Crippen molar-refractivity contribution in [1.82, 2.24) is 15.5 Å². The summed E-state index contributed by atoms with van der Waals surface area (Å²) in [6.45, 7) is 7.39. The van der Waals surface area contributed by atoms with Crippen LogP contribution >= 0.6 is 0 Å². The highest BCUT2D eigenvalue weighted by atomic mass is 16.1. The predicted molar refractivity (Wildman–Crippen MR) is 68.9 cm³/mol. The van der Waals surface area contributed by atoms with Crippen LogP contribution in [0.3, 0.4) is 0 Å². The van der Waals surface area contributed by atoms with E-state index in [9.17, 15) is 4.79 Å². The fraction of sp³-hybridized carbons (Fsp3) is 0.923. The average Bonchev–Trinajstić information content (AvgIpc) is 2.75. The van der Waals surface area contributed by atoms with E-state index in [1.807, 2.05) is 0 Å². The molecule has 0 aromatic carbocycles. The Morgan fingerprint density at radius 2 is 2.35 bits per heavy atom. The van der Waals surface area contributed by atoms with Crippen LogP contribution in [0.1, 0.15) is 32.6 Å². The molecule has 0 aromatic rings. The summed E-state index contributed by atoms with van der Waals surface area (Å²) in [6, 6.07) is 0.386. The lowest BCUT2D eigenvalue weighted by molar-refractivity contribution is -0.119. The Kier molecular flexibility index (Phi) is 4.80. The second-order valence-corrected chi connectivity index (χ2v) is 5.49. The van der Waals surface area contributed by atoms with E-state index >= 15 is 0 Å². The molecule has 0 spiro atoms. The molecule has 2 unspecified atom stereocenters. The number of rotatable bonds is 4. The first-order chi connectivity index (χ1) is 8.24. The maximum Gasteiger partial charge on any atom is 0.217 e. The second-order valence-electron chi connectivity index (χ2n) is 5.49. The van der Waals surface area contributed by atoms with Crippen LogP contribution in [-0.4, -0.2) is 49.6 Å². The van der Waals surface area contributed by atoms with Gasteiger partial charge in [0.2, 0.25) is 5.91 Å². The molecule has 17 heavy (non-hydrogen) atoms. The molecule has 0 radical (unpaired) electrons. The van der Waals surface area contributed by atoms with Crippen molar-refractivity contribution >= 4 is 5.91 Å². The van der Waals surface area contributed by atoms with Gasteiger partial charge in [-0.25, -0.2) is 0 Å². The van der Waals surface area contributed by atoms with Gasteiger partial charge < -0.3 is 15.5 Å². The van der Waals surface area contributed by atoms with Crippen molar-refractivity contribution in [1.29, 1.82) is 0 Å². The molecule has 1 amide bonds. The Bertz CT molecular complexity index is 251. The molecule has 4 nitrogen and oxygen atoms in total. The molecule has 2 fully saturated rings. The van der Waals surface area contributed by atoms with Crippen molar-refractivity contribution in [3.05, 3.63) is 0 Å². The molecule has 4 heteroatoms. The summed E-state index contributed by atoms with van der Waals surface area (Å²) in [6.07, 6.45) is 5.14. The summed E-state index contributed by atoms with van der Waals surface area (Å²) < 4.78 is 0. The van der Waals surface area contributed by atoms with Crippen LogP contribution in [0.5, 0.6) is 0 Å². The zero-order chi connectivity index (χ0) is 12.1. The molecule has 0 bridgehead atoms. The highest BCUT2D eigenvalue weighted by Gasteiger charge is 2.23. The molecule has 2 saturated heterocycles. The van der Waals surface area contributed by atoms with E-state index in [4.69, 9.17) is 0 Å². The van der Waals surface area contributed by atoms with Gasteiger partial charge >= 0.3 is 0 Å². The number of hydrogen-bond acceptors (Lipinski definition) is 3. The van der Waals surface area contributed by atoms with Gasteiger partial charge in [0.1, 0.15) is 0 Å². The van der Waals surface area contributed by atoms with Crippen molar-refractivity contribution in [2.24, 2.45) is 5.92 Å². The standard InChI is InChI=1S/C13H25N3O/c1-11(17)15-13-5-8-16(10-13)7-4-12-3-2-6-14-9-12/h12-14H,2-10H2,1H3,(H,15,17). The van der Waals surface area contributed by atoms with Crippen LogP contribution in [0.15, 0.2) is 0 Å². The smallest absolute Gasteiger partial charge is 0.217 e. The van der Waals surface area contributed by atoms with Crippen molar-refractivity contribution in [2.45, 2.75) is 38.6 Å². The molecule has 2 aliphatic rings. The van der Waals surface area contributed by atoms with E-state index in [2.05, 4.69) is 15.5 Å². The van der Waals surface area contributed by atoms with Crippen molar-refractivity contribution in [3.63, 3.8) is 0 Å². The number of nitrogens with one attached hydrogen (secondary N) is 2. The van der Waals surface area contributed by atoms with Crippen LogP contribution in [0.25, 0.3) is 0 Å². The lowest BCUT2D eigenvalue weighted by Gasteiger charge is -2.25. The number of carbonyl (C=O) groups is 1. The van der Waals surface area contributed by atoms with Crippen molar-refractivity contribution in [3.8, 4) is 0 Å². The molecule has 2 aliphatic heterocycles. The quantitative estimate of drug-likeness (QED) is 0.754. The Morgan fingerprint density at radius 1 is 1.47 bits per heavy atom. The minimum Gasteiger partial charge on any atom is -0.352 e. The van der Waals surface area contributed by atoms with Crippen LogP contribution in [0.4, 0.5) is 0 Å². The van der Waals surface area contributed by atoms with Gasteiger partial charge in [-0.15, -0.1) is 0 Å². The van der Waals surface area contributed by atoms with E-state index in [1.54, 1.807) is 6.92 Å². The summed E-state index contributed by atoms with van der Waals surface area (Å²) in [4.78, 5) is 13.5. The lowest BCUT2D eigenvalue weighted by atomic mass is 9.96. The zero-order valence-corrected chi connectivity index (χ0v) is 10.9. The van der Waals surface area contributed by atoms with Gasteiger partial charge in [0.05, 0.1) is 0 Å². The van der Waals surface area contributed by atoms with Gasteiger partial charge in [-0.1, -0.05) is 0 Å². The third kappa shape index (κ3) is 4.28. The lowest BCUT2D eigenvalue weighted by Crippen LogP contribution is -2.36. The number of piperidine rings is 1. The van der Waals surface area contributed by atoms with Gasteiger partial charge in [0.15, 0.2) is 0 Å². The molecular weight excluding hydrogens is 214 g/mol. The minimum atomic E-state index is 0.105. The van der Waals surface area contributed by atoms with E-state index in [1.165, 1.54) is 38.9 Å². The third-order valence-corrected chi connectivity index (χ3v) is 3.93. The van der Waals surface area contributed by atoms with Gasteiger partial charge in [0.25, 0.3) is 0 Å². The van der Waals surface area contributed by atoms with Gasteiger partial charge in [-0.05, 0) is 51.2 Å². The number of carbonyl (C=O) groups excluding carboxylic acids is 1. The zero-order valence-electron chi connectivity index (χ0n) is 10.9. The molecule has 0 saturated carbocycles. The van der Waals surface area contributed by atoms with Gasteiger partial charge in [-0.3, -0.25) is 4.79 Å². The maximum absolute atomic E-state index is 11.0. The minimum absolute atomic E-state index is 0.105. The molecular formula is C13H25N3O. The first-order valence-electron chi connectivity index (χ1n) is 6.94. The van der Waals surface area contributed by atoms with Crippen LogP contribution in [0.2, 0.25) is 0 Å². The topological polar surface area (TPSA) is 44.4 Å². The van der Waals surface area contributed by atoms with Crippen LogP contribution < -0.4 is 10.6 Å². The number of amides is 1. The molecule has 0 aromatic heterocycles. The fourth-order valence-electron chi connectivity index (χ4n) is 2.98. The Morgan fingerprint density at radius 3 is 3.06 bits per heavy atom.